The number of halogens is 1. The molecule has 0 saturated carbocycles. The minimum Gasteiger partial charge on any atom is -0.497 e. The van der Waals surface area contributed by atoms with Gasteiger partial charge in [-0.25, -0.2) is 4.99 Å². The number of rotatable bonds is 6. The average Bonchev–Trinajstić information content (AvgIpc) is 3.02. The minimum atomic E-state index is -0.216. The third-order valence-corrected chi connectivity index (χ3v) is 5.22. The Hall–Kier alpha value is -2.70. The van der Waals surface area contributed by atoms with Gasteiger partial charge < -0.3 is 9.47 Å². The first-order valence-corrected chi connectivity index (χ1v) is 9.80. The smallest absolute Gasteiger partial charge is 0.283 e. The van der Waals surface area contributed by atoms with Gasteiger partial charge >= 0.3 is 0 Å². The molecule has 144 valence electrons. The highest BCUT2D eigenvalue weighted by molar-refractivity contribution is 8.14. The van der Waals surface area contributed by atoms with E-state index in [0.29, 0.717) is 33.1 Å². The molecule has 0 fully saturated rings. The number of amidine groups is 1. The van der Waals surface area contributed by atoms with E-state index in [9.17, 15) is 4.79 Å². The number of nitrogens with zero attached hydrogens (tertiary/aromatic N) is 2. The van der Waals surface area contributed by atoms with E-state index in [1.165, 1.54) is 18.9 Å². The fraction of sp³-hybridized carbons (Fsp3) is 0.143. The molecular formula is C21H19ClN2O3S. The Morgan fingerprint density at radius 1 is 1.18 bits per heavy atom. The van der Waals surface area contributed by atoms with Crippen molar-refractivity contribution in [1.82, 2.24) is 0 Å². The number of carbonyl (C=O) groups is 1. The summed E-state index contributed by atoms with van der Waals surface area (Å²) in [6, 6.07) is 12.6. The first kappa shape index (κ1) is 20.0. The van der Waals surface area contributed by atoms with Crippen molar-refractivity contribution in [2.24, 2.45) is 4.99 Å². The Morgan fingerprint density at radius 2 is 1.93 bits per heavy atom. The molecule has 0 N–H and O–H groups in total. The van der Waals surface area contributed by atoms with Crippen molar-refractivity contribution in [3.63, 3.8) is 0 Å². The monoisotopic (exact) mass is 414 g/mol. The van der Waals surface area contributed by atoms with Crippen LogP contribution in [0.25, 0.3) is 6.08 Å². The molecule has 0 aromatic heterocycles. The third kappa shape index (κ3) is 4.24. The molecule has 0 saturated heterocycles. The van der Waals surface area contributed by atoms with Crippen LogP contribution in [0.5, 0.6) is 11.5 Å². The van der Waals surface area contributed by atoms with Crippen LogP contribution in [0.1, 0.15) is 5.56 Å². The predicted molar refractivity (Wildman–Crippen MR) is 117 cm³/mol. The number of methoxy groups -OCH3 is 2. The Labute approximate surface area is 173 Å². The van der Waals surface area contributed by atoms with Crippen LogP contribution in [0.4, 0.5) is 5.69 Å². The highest BCUT2D eigenvalue weighted by Gasteiger charge is 2.32. The number of ether oxygens (including phenoxy) is 2. The van der Waals surface area contributed by atoms with Gasteiger partial charge in [0.1, 0.15) is 17.2 Å². The summed E-state index contributed by atoms with van der Waals surface area (Å²) in [5.41, 5.74) is 1.85. The number of aliphatic imine (C=N–C) groups is 1. The van der Waals surface area contributed by atoms with Gasteiger partial charge in [0, 0.05) is 11.8 Å². The predicted octanol–water partition coefficient (Wildman–Crippen LogP) is 5.02. The van der Waals surface area contributed by atoms with Gasteiger partial charge in [-0.3, -0.25) is 9.69 Å². The summed E-state index contributed by atoms with van der Waals surface area (Å²) < 4.78 is 10.5. The molecule has 2 aromatic carbocycles. The van der Waals surface area contributed by atoms with Gasteiger partial charge in [0.05, 0.1) is 24.9 Å². The summed E-state index contributed by atoms with van der Waals surface area (Å²) >= 11 is 7.55. The summed E-state index contributed by atoms with van der Waals surface area (Å²) in [5.74, 6) is 1.66. The summed E-state index contributed by atoms with van der Waals surface area (Å²) in [6.07, 6.45) is 3.52. The van der Waals surface area contributed by atoms with Crippen LogP contribution in [-0.2, 0) is 4.79 Å². The first-order chi connectivity index (χ1) is 13.6. The van der Waals surface area contributed by atoms with E-state index in [1.807, 2.05) is 24.3 Å². The van der Waals surface area contributed by atoms with E-state index < -0.39 is 0 Å². The molecule has 0 aliphatic carbocycles. The zero-order valence-corrected chi connectivity index (χ0v) is 17.1. The first-order valence-electron chi connectivity index (χ1n) is 8.43. The Kier molecular flexibility index (Phi) is 6.44. The van der Waals surface area contributed by atoms with Gasteiger partial charge in [-0.1, -0.05) is 41.6 Å². The zero-order chi connectivity index (χ0) is 20.1. The Bertz CT molecular complexity index is 955. The number of hydrogen-bond donors (Lipinski definition) is 0. The number of thioether (sulfide) groups is 1. The van der Waals surface area contributed by atoms with E-state index in [1.54, 1.807) is 42.4 Å². The van der Waals surface area contributed by atoms with Gasteiger partial charge in [0.15, 0.2) is 5.17 Å². The van der Waals surface area contributed by atoms with E-state index in [-0.39, 0.29) is 5.91 Å². The second-order valence-electron chi connectivity index (χ2n) is 5.76. The van der Waals surface area contributed by atoms with Crippen LogP contribution in [0.2, 0.25) is 5.02 Å². The lowest BCUT2D eigenvalue weighted by Crippen LogP contribution is -2.30. The number of amides is 1. The summed E-state index contributed by atoms with van der Waals surface area (Å²) in [6.45, 7) is 3.74. The van der Waals surface area contributed by atoms with Gasteiger partial charge in [-0.05, 0) is 35.9 Å². The molecule has 2 aromatic rings. The maximum atomic E-state index is 13.1. The Balaban J connectivity index is 1.98. The molecule has 1 aliphatic heterocycles. The maximum absolute atomic E-state index is 13.1. The van der Waals surface area contributed by atoms with Crippen molar-refractivity contribution in [1.29, 1.82) is 0 Å². The van der Waals surface area contributed by atoms with Gasteiger partial charge in [-0.2, -0.15) is 0 Å². The molecule has 1 aliphatic rings. The van der Waals surface area contributed by atoms with Crippen LogP contribution in [0.3, 0.4) is 0 Å². The fourth-order valence-corrected chi connectivity index (χ4v) is 3.54. The van der Waals surface area contributed by atoms with Crippen LogP contribution in [0.15, 0.2) is 65.8 Å². The van der Waals surface area contributed by atoms with E-state index in [4.69, 9.17) is 21.1 Å². The molecule has 28 heavy (non-hydrogen) atoms. The van der Waals surface area contributed by atoms with Crippen molar-refractivity contribution in [3.8, 4) is 11.5 Å². The molecule has 5 nitrogen and oxygen atoms in total. The van der Waals surface area contributed by atoms with Crippen LogP contribution >= 0.6 is 23.4 Å². The SMILES string of the molecule is C=CCSC1=N/C(=C\c2ccc(OC)cc2)C(=O)N1c1ccc(Cl)c(OC)c1. The van der Waals surface area contributed by atoms with Crippen LogP contribution < -0.4 is 14.4 Å². The van der Waals surface area contributed by atoms with Crippen LogP contribution in [0, 0.1) is 0 Å². The highest BCUT2D eigenvalue weighted by Crippen LogP contribution is 2.34. The van der Waals surface area contributed by atoms with Crippen molar-refractivity contribution in [2.75, 3.05) is 24.9 Å². The number of hydrogen-bond acceptors (Lipinski definition) is 5. The molecule has 0 radical (unpaired) electrons. The maximum Gasteiger partial charge on any atom is 0.283 e. The number of carbonyl (C=O) groups excluding carboxylic acids is 1. The third-order valence-electron chi connectivity index (χ3n) is 3.97. The lowest BCUT2D eigenvalue weighted by molar-refractivity contribution is -0.113. The number of benzene rings is 2. The molecule has 0 bridgehead atoms. The molecule has 1 heterocycles. The summed E-state index contributed by atoms with van der Waals surface area (Å²) in [4.78, 5) is 19.2. The summed E-state index contributed by atoms with van der Waals surface area (Å²) in [7, 11) is 3.15. The molecule has 3 rings (SSSR count). The average molecular weight is 415 g/mol. The standard InChI is InChI=1S/C21H19ClN2O3S/c1-4-11-28-21-23-18(12-14-5-8-16(26-2)9-6-14)20(25)24(21)15-7-10-17(22)19(13-15)27-3/h4-10,12-13H,1,11H2,2-3H3/b18-12-. The highest BCUT2D eigenvalue weighted by atomic mass is 35.5. The molecule has 0 spiro atoms. The van der Waals surface area contributed by atoms with E-state index >= 15 is 0 Å². The lowest BCUT2D eigenvalue weighted by Gasteiger charge is -2.18. The van der Waals surface area contributed by atoms with E-state index in [2.05, 4.69) is 11.6 Å². The van der Waals surface area contributed by atoms with Gasteiger partial charge in [-0.15, -0.1) is 6.58 Å². The molecule has 0 unspecified atom stereocenters. The number of anilines is 1. The van der Waals surface area contributed by atoms with Gasteiger partial charge in [0.25, 0.3) is 5.91 Å². The second-order valence-corrected chi connectivity index (χ2v) is 7.15. The fourth-order valence-electron chi connectivity index (χ4n) is 2.60. The molecule has 0 atom stereocenters. The molecule has 7 heteroatoms. The molecular weight excluding hydrogens is 396 g/mol. The lowest BCUT2D eigenvalue weighted by atomic mass is 10.2. The largest absolute Gasteiger partial charge is 0.497 e. The summed E-state index contributed by atoms with van der Waals surface area (Å²) in [5, 5.41) is 1.05. The normalized spacial score (nSPS) is 15.0. The second kappa shape index (κ2) is 8.99. The molecule has 1 amide bonds. The van der Waals surface area contributed by atoms with Crippen molar-refractivity contribution < 1.29 is 14.3 Å². The Morgan fingerprint density at radius 3 is 2.57 bits per heavy atom. The van der Waals surface area contributed by atoms with E-state index in [0.717, 1.165) is 11.3 Å². The topological polar surface area (TPSA) is 51.1 Å². The van der Waals surface area contributed by atoms with Gasteiger partial charge in [0.2, 0.25) is 0 Å². The zero-order valence-electron chi connectivity index (χ0n) is 15.5. The van der Waals surface area contributed by atoms with Crippen LogP contribution in [-0.4, -0.2) is 31.0 Å². The van der Waals surface area contributed by atoms with Crippen molar-refractivity contribution >= 4 is 46.2 Å². The minimum absolute atomic E-state index is 0.216. The van der Waals surface area contributed by atoms with Crippen molar-refractivity contribution in [3.05, 3.63) is 71.4 Å². The quantitative estimate of drug-likeness (QED) is 0.492. The van der Waals surface area contributed by atoms with Crippen molar-refractivity contribution in [2.45, 2.75) is 0 Å².